The number of hydrogen-bond acceptors (Lipinski definition) is 5. The van der Waals surface area contributed by atoms with Crippen molar-refractivity contribution in [1.82, 2.24) is 14.9 Å². The zero-order valence-corrected chi connectivity index (χ0v) is 20.9. The van der Waals surface area contributed by atoms with Crippen molar-refractivity contribution in [2.45, 2.75) is 38.8 Å². The number of ether oxygens (including phenoxy) is 1. The van der Waals surface area contributed by atoms with E-state index in [2.05, 4.69) is 21.5 Å². The molecule has 3 heterocycles. The molecule has 0 saturated carbocycles. The summed E-state index contributed by atoms with van der Waals surface area (Å²) in [7, 11) is 0. The lowest BCUT2D eigenvalue weighted by atomic mass is 9.83. The van der Waals surface area contributed by atoms with E-state index >= 15 is 0 Å². The number of pyridine rings is 1. The Hall–Kier alpha value is -3.78. The predicted molar refractivity (Wildman–Crippen MR) is 140 cm³/mol. The molecule has 2 aromatic carbocycles. The molecule has 192 valence electrons. The lowest BCUT2D eigenvalue weighted by molar-refractivity contribution is -0.120. The second kappa shape index (κ2) is 11.1. The van der Waals surface area contributed by atoms with Crippen LogP contribution >= 0.6 is 0 Å². The summed E-state index contributed by atoms with van der Waals surface area (Å²) in [6.45, 7) is 5.86. The Bertz CT molecular complexity index is 1350. The Morgan fingerprint density at radius 2 is 1.97 bits per heavy atom. The van der Waals surface area contributed by atoms with Crippen LogP contribution in [0.4, 0.5) is 4.39 Å². The maximum Gasteiger partial charge on any atom is 0.250 e. The normalized spacial score (nSPS) is 19.0. The molecule has 37 heavy (non-hydrogen) atoms. The van der Waals surface area contributed by atoms with Crippen LogP contribution in [0.1, 0.15) is 41.6 Å². The fourth-order valence-corrected chi connectivity index (χ4v) is 5.47. The molecule has 0 unspecified atom stereocenters. The number of likely N-dealkylation sites (tertiary alicyclic amines) is 1. The van der Waals surface area contributed by atoms with E-state index in [1.165, 1.54) is 12.1 Å². The zero-order valence-electron chi connectivity index (χ0n) is 20.9. The molecule has 2 aliphatic rings. The van der Waals surface area contributed by atoms with E-state index in [4.69, 9.17) is 4.74 Å². The highest BCUT2D eigenvalue weighted by molar-refractivity contribution is 5.83. The first-order valence-corrected chi connectivity index (χ1v) is 12.7. The van der Waals surface area contributed by atoms with Crippen molar-refractivity contribution in [3.05, 3.63) is 99.2 Å². The number of halogens is 1. The largest absolute Gasteiger partial charge is 0.494 e. The number of carbonyl (C=O) groups is 1. The van der Waals surface area contributed by atoms with Crippen molar-refractivity contribution in [3.8, 4) is 5.75 Å². The number of carbonyl (C=O) groups excluding carboxylic acids is 1. The standard InChI is InChI=1S/C29H31FN4O3/c1-2-37-27-11-8-21(15-31-32-28(35)14-20-6-9-25(30)10-7-20)12-24(27)19-33-16-22-13-23(18-33)26-4-3-5-29(36)34(26)17-22/h3-12,15,22-23H,2,13-14,16-19H2,1H3,(H,32,35)/b31-15-/t22-,23+/m1/s1. The number of nitrogens with zero attached hydrogens (tertiary/aromatic N) is 3. The molecular weight excluding hydrogens is 471 g/mol. The highest BCUT2D eigenvalue weighted by Crippen LogP contribution is 2.36. The van der Waals surface area contributed by atoms with Crippen LogP contribution in [0.2, 0.25) is 0 Å². The van der Waals surface area contributed by atoms with E-state index in [1.807, 2.05) is 35.8 Å². The molecule has 3 aromatic rings. The lowest BCUT2D eigenvalue weighted by Crippen LogP contribution is -2.46. The van der Waals surface area contributed by atoms with E-state index in [-0.39, 0.29) is 23.7 Å². The van der Waals surface area contributed by atoms with Crippen molar-refractivity contribution >= 4 is 12.1 Å². The third-order valence-electron chi connectivity index (χ3n) is 7.01. The molecule has 0 aliphatic carbocycles. The highest BCUT2D eigenvalue weighted by atomic mass is 19.1. The Morgan fingerprint density at radius 1 is 1.14 bits per heavy atom. The molecule has 1 N–H and O–H groups in total. The van der Waals surface area contributed by atoms with Gasteiger partial charge >= 0.3 is 0 Å². The Balaban J connectivity index is 1.26. The summed E-state index contributed by atoms with van der Waals surface area (Å²) in [4.78, 5) is 27.0. The summed E-state index contributed by atoms with van der Waals surface area (Å²) >= 11 is 0. The summed E-state index contributed by atoms with van der Waals surface area (Å²) in [6, 6.07) is 17.3. The van der Waals surface area contributed by atoms with Gasteiger partial charge in [0, 0.05) is 49.4 Å². The van der Waals surface area contributed by atoms with Crippen LogP contribution < -0.4 is 15.7 Å². The maximum atomic E-state index is 13.1. The van der Waals surface area contributed by atoms with E-state index in [9.17, 15) is 14.0 Å². The van der Waals surface area contributed by atoms with Crippen LogP contribution in [-0.2, 0) is 24.3 Å². The van der Waals surface area contributed by atoms with Crippen LogP contribution in [0.15, 0.2) is 70.6 Å². The average Bonchev–Trinajstić information content (AvgIpc) is 2.88. The molecule has 1 fully saturated rings. The van der Waals surface area contributed by atoms with Gasteiger partial charge in [-0.1, -0.05) is 18.2 Å². The molecule has 2 atom stereocenters. The lowest BCUT2D eigenvalue weighted by Gasteiger charge is -2.43. The minimum Gasteiger partial charge on any atom is -0.494 e. The third-order valence-corrected chi connectivity index (χ3v) is 7.01. The van der Waals surface area contributed by atoms with Crippen molar-refractivity contribution in [3.63, 3.8) is 0 Å². The number of hydrazone groups is 1. The first kappa shape index (κ1) is 24.9. The quantitative estimate of drug-likeness (QED) is 0.377. The van der Waals surface area contributed by atoms with E-state index < -0.39 is 0 Å². The van der Waals surface area contributed by atoms with Gasteiger partial charge in [0.25, 0.3) is 5.56 Å². The highest BCUT2D eigenvalue weighted by Gasteiger charge is 2.34. The molecule has 7 nitrogen and oxygen atoms in total. The van der Waals surface area contributed by atoms with Crippen molar-refractivity contribution in [2.24, 2.45) is 11.0 Å². The second-order valence-electron chi connectivity index (χ2n) is 9.79. The minimum atomic E-state index is -0.332. The summed E-state index contributed by atoms with van der Waals surface area (Å²) in [5.74, 6) is 1.03. The zero-order chi connectivity index (χ0) is 25.8. The van der Waals surface area contributed by atoms with Gasteiger partial charge in [-0.3, -0.25) is 14.5 Å². The fraction of sp³-hybridized carbons (Fsp3) is 0.345. The summed E-state index contributed by atoms with van der Waals surface area (Å²) in [6.07, 6.45) is 2.86. The summed E-state index contributed by atoms with van der Waals surface area (Å²) in [5, 5.41) is 4.11. The van der Waals surface area contributed by atoms with Crippen LogP contribution in [-0.4, -0.2) is 41.3 Å². The van der Waals surface area contributed by atoms with Gasteiger partial charge in [0.1, 0.15) is 11.6 Å². The van der Waals surface area contributed by atoms with Gasteiger partial charge in [0.05, 0.1) is 19.2 Å². The monoisotopic (exact) mass is 502 g/mol. The van der Waals surface area contributed by atoms with Crippen LogP contribution in [0.25, 0.3) is 0 Å². The average molecular weight is 503 g/mol. The molecule has 8 heteroatoms. The third kappa shape index (κ3) is 5.97. The Kier molecular flexibility index (Phi) is 7.46. The second-order valence-corrected chi connectivity index (χ2v) is 9.79. The first-order valence-electron chi connectivity index (χ1n) is 12.7. The fourth-order valence-electron chi connectivity index (χ4n) is 5.47. The van der Waals surface area contributed by atoms with Gasteiger partial charge in [0.15, 0.2) is 0 Å². The summed E-state index contributed by atoms with van der Waals surface area (Å²) < 4.78 is 20.9. The Labute approximate surface area is 215 Å². The van der Waals surface area contributed by atoms with Crippen LogP contribution in [0.3, 0.4) is 0 Å². The molecule has 2 aliphatic heterocycles. The molecule has 0 spiro atoms. The van der Waals surface area contributed by atoms with Crippen LogP contribution in [0, 0.1) is 11.7 Å². The van der Waals surface area contributed by atoms with Gasteiger partial charge in [-0.25, -0.2) is 9.82 Å². The minimum absolute atomic E-state index is 0.0935. The van der Waals surface area contributed by atoms with Crippen molar-refractivity contribution in [1.29, 1.82) is 0 Å². The molecule has 1 amide bonds. The number of piperidine rings is 1. The van der Waals surface area contributed by atoms with Crippen molar-refractivity contribution in [2.75, 3.05) is 19.7 Å². The predicted octanol–water partition coefficient (Wildman–Crippen LogP) is 3.70. The molecular formula is C29H31FN4O3. The number of nitrogens with one attached hydrogen (secondary N) is 1. The number of fused-ring (bicyclic) bond motifs is 4. The van der Waals surface area contributed by atoms with Gasteiger partial charge in [-0.15, -0.1) is 0 Å². The van der Waals surface area contributed by atoms with Gasteiger partial charge < -0.3 is 9.30 Å². The van der Waals surface area contributed by atoms with Gasteiger partial charge in [-0.2, -0.15) is 5.10 Å². The molecule has 0 radical (unpaired) electrons. The molecule has 1 aromatic heterocycles. The van der Waals surface area contributed by atoms with Crippen LogP contribution in [0.5, 0.6) is 5.75 Å². The smallest absolute Gasteiger partial charge is 0.250 e. The molecule has 1 saturated heterocycles. The maximum absolute atomic E-state index is 13.1. The van der Waals surface area contributed by atoms with Gasteiger partial charge in [0.2, 0.25) is 5.91 Å². The molecule has 2 bridgehead atoms. The van der Waals surface area contributed by atoms with E-state index in [0.29, 0.717) is 18.4 Å². The number of amides is 1. The topological polar surface area (TPSA) is 75.9 Å². The Morgan fingerprint density at radius 3 is 2.78 bits per heavy atom. The first-order chi connectivity index (χ1) is 18.0. The summed E-state index contributed by atoms with van der Waals surface area (Å²) in [5.41, 5.74) is 6.41. The van der Waals surface area contributed by atoms with E-state index in [0.717, 1.165) is 60.7 Å². The van der Waals surface area contributed by atoms with Gasteiger partial charge in [-0.05, 0) is 66.8 Å². The number of benzene rings is 2. The van der Waals surface area contributed by atoms with Crippen molar-refractivity contribution < 1.29 is 13.9 Å². The van der Waals surface area contributed by atoms with E-state index in [1.54, 1.807) is 24.4 Å². The molecule has 5 rings (SSSR count). The SMILES string of the molecule is CCOc1ccc(/C=N\NC(=O)Cc2ccc(F)cc2)cc1CN1C[C@H]2C[C@@H](C1)c1cccc(=O)n1C2. The number of rotatable bonds is 8. The number of aromatic nitrogens is 1. The number of hydrogen-bond donors (Lipinski definition) is 1.